The third-order valence-electron chi connectivity index (χ3n) is 4.21. The highest BCUT2D eigenvalue weighted by molar-refractivity contribution is 5.17. The zero-order chi connectivity index (χ0) is 13.2. The van der Waals surface area contributed by atoms with E-state index < -0.39 is 11.5 Å². The molecule has 0 spiro atoms. The van der Waals surface area contributed by atoms with E-state index in [1.54, 1.807) is 12.3 Å². The molecule has 1 aliphatic carbocycles. The van der Waals surface area contributed by atoms with Gasteiger partial charge in [-0.1, -0.05) is 19.9 Å². The molecule has 1 aromatic heterocycles. The van der Waals surface area contributed by atoms with E-state index in [1.807, 2.05) is 12.1 Å². The predicted molar refractivity (Wildman–Crippen MR) is 69.5 cm³/mol. The standard InChI is InChI=1S/C15H20N2O/c1-14(2)6-8-15(11-16,9-7-14)13(18)12-5-3-4-10-17-12/h3-5,10,13,18H,6-9H2,1-2H3. The van der Waals surface area contributed by atoms with Gasteiger partial charge in [-0.3, -0.25) is 4.98 Å². The number of pyridine rings is 1. The minimum absolute atomic E-state index is 0.282. The van der Waals surface area contributed by atoms with Crippen molar-refractivity contribution < 1.29 is 5.11 Å². The summed E-state index contributed by atoms with van der Waals surface area (Å²) in [6, 6.07) is 7.83. The van der Waals surface area contributed by atoms with Gasteiger partial charge in [-0.15, -0.1) is 0 Å². The quantitative estimate of drug-likeness (QED) is 0.869. The summed E-state index contributed by atoms with van der Waals surface area (Å²) < 4.78 is 0. The zero-order valence-corrected chi connectivity index (χ0v) is 11.1. The fraction of sp³-hybridized carbons (Fsp3) is 0.600. The molecule has 0 bridgehead atoms. The summed E-state index contributed by atoms with van der Waals surface area (Å²) in [4.78, 5) is 4.18. The lowest BCUT2D eigenvalue weighted by atomic mass is 9.63. The Balaban J connectivity index is 2.22. The monoisotopic (exact) mass is 244 g/mol. The second-order valence-corrected chi connectivity index (χ2v) is 6.09. The molecule has 2 rings (SSSR count). The number of aliphatic hydroxyl groups excluding tert-OH is 1. The fourth-order valence-corrected chi connectivity index (χ4v) is 2.64. The lowest BCUT2D eigenvalue weighted by molar-refractivity contribution is 0.00699. The van der Waals surface area contributed by atoms with Crippen LogP contribution in [0.4, 0.5) is 0 Å². The zero-order valence-electron chi connectivity index (χ0n) is 11.1. The Bertz CT molecular complexity index is 437. The molecule has 1 aromatic rings. The average molecular weight is 244 g/mol. The molecule has 0 aromatic carbocycles. The third-order valence-corrected chi connectivity index (χ3v) is 4.21. The summed E-state index contributed by atoms with van der Waals surface area (Å²) in [5, 5.41) is 20.0. The molecule has 0 aliphatic heterocycles. The number of aliphatic hydroxyl groups is 1. The molecule has 3 nitrogen and oxygen atoms in total. The summed E-state index contributed by atoms with van der Waals surface area (Å²) in [5.74, 6) is 0. The Kier molecular flexibility index (Phi) is 3.41. The summed E-state index contributed by atoms with van der Waals surface area (Å²) >= 11 is 0. The molecule has 3 heteroatoms. The largest absolute Gasteiger partial charge is 0.385 e. The van der Waals surface area contributed by atoms with Crippen molar-refractivity contribution in [2.24, 2.45) is 10.8 Å². The Morgan fingerprint density at radius 2 is 1.94 bits per heavy atom. The molecule has 1 N–H and O–H groups in total. The Labute approximate surface area is 108 Å². The van der Waals surface area contributed by atoms with E-state index in [1.165, 1.54) is 0 Å². The molecule has 0 saturated heterocycles. The van der Waals surface area contributed by atoms with Crippen molar-refractivity contribution in [3.63, 3.8) is 0 Å². The van der Waals surface area contributed by atoms with Gasteiger partial charge in [0.15, 0.2) is 0 Å². The Hall–Kier alpha value is -1.40. The smallest absolute Gasteiger partial charge is 0.114 e. The molecule has 96 valence electrons. The lowest BCUT2D eigenvalue weighted by Gasteiger charge is -2.41. The normalized spacial score (nSPS) is 23.0. The van der Waals surface area contributed by atoms with Gasteiger partial charge in [-0.25, -0.2) is 0 Å². The number of hydrogen-bond donors (Lipinski definition) is 1. The number of nitrogens with zero attached hydrogens (tertiary/aromatic N) is 2. The second kappa shape index (κ2) is 4.70. The molecule has 0 radical (unpaired) electrons. The first-order valence-electron chi connectivity index (χ1n) is 6.49. The van der Waals surface area contributed by atoms with Crippen LogP contribution in [0.1, 0.15) is 51.3 Å². The number of rotatable bonds is 2. The van der Waals surface area contributed by atoms with E-state index in [4.69, 9.17) is 0 Å². The molecular formula is C15H20N2O. The number of hydrogen-bond acceptors (Lipinski definition) is 3. The lowest BCUT2D eigenvalue weighted by Crippen LogP contribution is -2.35. The van der Waals surface area contributed by atoms with Crippen LogP contribution in [0, 0.1) is 22.2 Å². The van der Waals surface area contributed by atoms with E-state index in [0.29, 0.717) is 5.69 Å². The van der Waals surface area contributed by atoms with Gasteiger partial charge in [0.05, 0.1) is 17.2 Å². The first-order chi connectivity index (χ1) is 8.49. The van der Waals surface area contributed by atoms with Gasteiger partial charge in [0.25, 0.3) is 0 Å². The summed E-state index contributed by atoms with van der Waals surface area (Å²) in [5.41, 5.74) is 0.229. The topological polar surface area (TPSA) is 56.9 Å². The van der Waals surface area contributed by atoms with Crippen LogP contribution in [0.25, 0.3) is 0 Å². The molecule has 1 fully saturated rings. The predicted octanol–water partition coefficient (Wildman–Crippen LogP) is 3.23. The van der Waals surface area contributed by atoms with Gasteiger partial charge in [0, 0.05) is 6.20 Å². The minimum atomic E-state index is -0.778. The molecule has 1 unspecified atom stereocenters. The summed E-state index contributed by atoms with van der Waals surface area (Å²) in [7, 11) is 0. The summed E-state index contributed by atoms with van der Waals surface area (Å²) in [6.07, 6.45) is 4.33. The first kappa shape index (κ1) is 13.0. The molecule has 1 atom stereocenters. The maximum atomic E-state index is 10.5. The molecule has 1 heterocycles. The molecular weight excluding hydrogens is 224 g/mol. The van der Waals surface area contributed by atoms with Crippen molar-refractivity contribution in [3.8, 4) is 6.07 Å². The van der Waals surface area contributed by atoms with Crippen LogP contribution < -0.4 is 0 Å². The molecule has 1 saturated carbocycles. The maximum Gasteiger partial charge on any atom is 0.114 e. The van der Waals surface area contributed by atoms with Crippen molar-refractivity contribution in [2.45, 2.75) is 45.6 Å². The van der Waals surface area contributed by atoms with Gasteiger partial charge in [-0.05, 0) is 43.2 Å². The highest BCUT2D eigenvalue weighted by Gasteiger charge is 2.44. The van der Waals surface area contributed by atoms with E-state index in [2.05, 4.69) is 24.9 Å². The van der Waals surface area contributed by atoms with Gasteiger partial charge < -0.3 is 5.11 Å². The third kappa shape index (κ3) is 2.39. The van der Waals surface area contributed by atoms with Crippen LogP contribution in [-0.2, 0) is 0 Å². The fourth-order valence-electron chi connectivity index (χ4n) is 2.64. The number of aromatic nitrogens is 1. The van der Waals surface area contributed by atoms with Gasteiger partial charge in [0.1, 0.15) is 6.10 Å². The van der Waals surface area contributed by atoms with E-state index in [9.17, 15) is 10.4 Å². The van der Waals surface area contributed by atoms with Crippen LogP contribution >= 0.6 is 0 Å². The van der Waals surface area contributed by atoms with Crippen LogP contribution in [0.3, 0.4) is 0 Å². The van der Waals surface area contributed by atoms with Crippen molar-refractivity contribution in [3.05, 3.63) is 30.1 Å². The molecule has 0 amide bonds. The Morgan fingerprint density at radius 3 is 2.44 bits per heavy atom. The SMILES string of the molecule is CC1(C)CCC(C#N)(C(O)c2ccccn2)CC1. The van der Waals surface area contributed by atoms with Gasteiger partial charge >= 0.3 is 0 Å². The molecule has 18 heavy (non-hydrogen) atoms. The number of nitriles is 1. The van der Waals surface area contributed by atoms with Crippen molar-refractivity contribution in [1.82, 2.24) is 4.98 Å². The van der Waals surface area contributed by atoms with Gasteiger partial charge in [-0.2, -0.15) is 5.26 Å². The van der Waals surface area contributed by atoms with Crippen LogP contribution in [0.15, 0.2) is 24.4 Å². The highest BCUT2D eigenvalue weighted by atomic mass is 16.3. The van der Waals surface area contributed by atoms with E-state index in [-0.39, 0.29) is 5.41 Å². The van der Waals surface area contributed by atoms with Gasteiger partial charge in [0.2, 0.25) is 0 Å². The second-order valence-electron chi connectivity index (χ2n) is 6.09. The highest BCUT2D eigenvalue weighted by Crippen LogP contribution is 2.50. The molecule has 1 aliphatic rings. The van der Waals surface area contributed by atoms with E-state index in [0.717, 1.165) is 25.7 Å². The first-order valence-corrected chi connectivity index (χ1v) is 6.49. The van der Waals surface area contributed by atoms with Crippen LogP contribution in [0.5, 0.6) is 0 Å². The van der Waals surface area contributed by atoms with Crippen molar-refractivity contribution >= 4 is 0 Å². The average Bonchev–Trinajstić information content (AvgIpc) is 2.40. The van der Waals surface area contributed by atoms with E-state index >= 15 is 0 Å². The van der Waals surface area contributed by atoms with Crippen LogP contribution in [-0.4, -0.2) is 10.1 Å². The summed E-state index contributed by atoms with van der Waals surface area (Å²) in [6.45, 7) is 4.45. The minimum Gasteiger partial charge on any atom is -0.385 e. The van der Waals surface area contributed by atoms with Crippen molar-refractivity contribution in [1.29, 1.82) is 5.26 Å². The maximum absolute atomic E-state index is 10.5. The Morgan fingerprint density at radius 1 is 1.28 bits per heavy atom. The van der Waals surface area contributed by atoms with Crippen molar-refractivity contribution in [2.75, 3.05) is 0 Å². The van der Waals surface area contributed by atoms with Crippen LogP contribution in [0.2, 0.25) is 0 Å².